The van der Waals surface area contributed by atoms with Gasteiger partial charge in [-0.2, -0.15) is 0 Å². The van der Waals surface area contributed by atoms with Crippen LogP contribution in [0, 0.1) is 19.8 Å². The first-order valence-corrected chi connectivity index (χ1v) is 8.67. The van der Waals surface area contributed by atoms with Gasteiger partial charge in [-0.15, -0.1) is 11.3 Å². The molecule has 0 radical (unpaired) electrons. The Balaban J connectivity index is 1.60. The van der Waals surface area contributed by atoms with Crippen molar-refractivity contribution in [3.8, 4) is 0 Å². The molecular formula is C16H24N2OS. The van der Waals surface area contributed by atoms with Crippen molar-refractivity contribution in [2.75, 3.05) is 0 Å². The lowest BCUT2D eigenvalue weighted by Gasteiger charge is -2.39. The molecule has 1 saturated heterocycles. The molecule has 3 atom stereocenters. The summed E-state index contributed by atoms with van der Waals surface area (Å²) in [6.07, 6.45) is 8.05. The van der Waals surface area contributed by atoms with Crippen LogP contribution in [-0.4, -0.2) is 22.9 Å². The Labute approximate surface area is 125 Å². The number of aryl methyl sites for hydroxylation is 2. The van der Waals surface area contributed by atoms with Crippen LogP contribution in [-0.2, 0) is 11.2 Å². The second-order valence-corrected chi connectivity index (χ2v) is 7.63. The number of thiazole rings is 1. The van der Waals surface area contributed by atoms with E-state index in [9.17, 15) is 4.79 Å². The standard InChI is InChI=1S/C16H24N2OS/c1-10-11(2)20-16(17-10)9-15(19)14-8-7-12-5-3-4-6-13(12)18-14/h12-14,18H,3-9H2,1-2H3. The van der Waals surface area contributed by atoms with Crippen LogP contribution in [0.15, 0.2) is 0 Å². The first-order valence-electron chi connectivity index (χ1n) is 7.85. The van der Waals surface area contributed by atoms with E-state index in [1.165, 1.54) is 37.0 Å². The average Bonchev–Trinajstić information content (AvgIpc) is 2.76. The van der Waals surface area contributed by atoms with Gasteiger partial charge in [0.1, 0.15) is 5.01 Å². The first kappa shape index (κ1) is 14.2. The number of Topliss-reactive ketones (excluding diaryl/α,β-unsaturated/α-hetero) is 1. The lowest BCUT2D eigenvalue weighted by atomic mass is 9.77. The molecule has 1 N–H and O–H groups in total. The molecule has 2 heterocycles. The molecule has 0 spiro atoms. The summed E-state index contributed by atoms with van der Waals surface area (Å²) in [5.74, 6) is 1.15. The van der Waals surface area contributed by atoms with Gasteiger partial charge in [0, 0.05) is 10.9 Å². The van der Waals surface area contributed by atoms with Gasteiger partial charge in [0.2, 0.25) is 0 Å². The summed E-state index contributed by atoms with van der Waals surface area (Å²) >= 11 is 1.67. The minimum Gasteiger partial charge on any atom is -0.304 e. The summed E-state index contributed by atoms with van der Waals surface area (Å²) in [4.78, 5) is 18.2. The van der Waals surface area contributed by atoms with Crippen molar-refractivity contribution in [2.45, 2.75) is 70.9 Å². The Kier molecular flexibility index (Phi) is 4.22. The Hall–Kier alpha value is -0.740. The average molecular weight is 292 g/mol. The molecular weight excluding hydrogens is 268 g/mol. The number of carbonyl (C=O) groups excluding carboxylic acids is 1. The van der Waals surface area contributed by atoms with Gasteiger partial charge >= 0.3 is 0 Å². The highest BCUT2D eigenvalue weighted by Gasteiger charge is 2.34. The van der Waals surface area contributed by atoms with Crippen molar-refractivity contribution in [3.63, 3.8) is 0 Å². The predicted octanol–water partition coefficient (Wildman–Crippen LogP) is 3.18. The largest absolute Gasteiger partial charge is 0.304 e. The van der Waals surface area contributed by atoms with E-state index in [0.29, 0.717) is 18.2 Å². The highest BCUT2D eigenvalue weighted by atomic mass is 32.1. The molecule has 0 aromatic carbocycles. The molecule has 3 rings (SSSR count). The van der Waals surface area contributed by atoms with Gasteiger partial charge in [0.25, 0.3) is 0 Å². The minimum atomic E-state index is 0.0684. The molecule has 0 amide bonds. The van der Waals surface area contributed by atoms with E-state index in [0.717, 1.165) is 23.0 Å². The minimum absolute atomic E-state index is 0.0684. The topological polar surface area (TPSA) is 42.0 Å². The Morgan fingerprint density at radius 2 is 2.05 bits per heavy atom. The van der Waals surface area contributed by atoms with Gasteiger partial charge < -0.3 is 5.32 Å². The molecule has 110 valence electrons. The fraction of sp³-hybridized carbons (Fsp3) is 0.750. The van der Waals surface area contributed by atoms with Crippen molar-refractivity contribution in [1.82, 2.24) is 10.3 Å². The number of nitrogens with zero attached hydrogens (tertiary/aromatic N) is 1. The van der Waals surface area contributed by atoms with E-state index in [2.05, 4.69) is 17.2 Å². The fourth-order valence-electron chi connectivity index (χ4n) is 3.64. The van der Waals surface area contributed by atoms with Gasteiger partial charge in [0.05, 0.1) is 18.2 Å². The molecule has 2 aliphatic rings. The van der Waals surface area contributed by atoms with Crippen LogP contribution in [0.1, 0.15) is 54.1 Å². The number of aromatic nitrogens is 1. The zero-order chi connectivity index (χ0) is 14.1. The van der Waals surface area contributed by atoms with E-state index in [1.807, 2.05) is 6.92 Å². The number of hydrogen-bond donors (Lipinski definition) is 1. The van der Waals surface area contributed by atoms with Crippen LogP contribution in [0.4, 0.5) is 0 Å². The number of rotatable bonds is 3. The Morgan fingerprint density at radius 1 is 1.25 bits per heavy atom. The zero-order valence-electron chi connectivity index (χ0n) is 12.4. The molecule has 1 aromatic rings. The van der Waals surface area contributed by atoms with E-state index in [4.69, 9.17) is 0 Å². The fourth-order valence-corrected chi connectivity index (χ4v) is 4.58. The van der Waals surface area contributed by atoms with Crippen molar-refractivity contribution in [3.05, 3.63) is 15.6 Å². The third-order valence-corrected chi connectivity index (χ3v) is 6.01. The van der Waals surface area contributed by atoms with Gasteiger partial charge in [-0.25, -0.2) is 4.98 Å². The lowest BCUT2D eigenvalue weighted by molar-refractivity contribution is -0.121. The van der Waals surface area contributed by atoms with Gasteiger partial charge in [0.15, 0.2) is 5.78 Å². The second kappa shape index (κ2) is 5.94. The van der Waals surface area contributed by atoms with Crippen LogP contribution in [0.3, 0.4) is 0 Å². The lowest BCUT2D eigenvalue weighted by Crippen LogP contribution is -2.52. The van der Waals surface area contributed by atoms with Crippen LogP contribution in [0.25, 0.3) is 0 Å². The zero-order valence-corrected chi connectivity index (χ0v) is 13.3. The summed E-state index contributed by atoms with van der Waals surface area (Å²) in [6, 6.07) is 0.657. The van der Waals surface area contributed by atoms with E-state index in [-0.39, 0.29) is 6.04 Å². The molecule has 1 aliphatic heterocycles. The van der Waals surface area contributed by atoms with Gasteiger partial charge in [-0.05, 0) is 45.4 Å². The Bertz CT molecular complexity index is 477. The van der Waals surface area contributed by atoms with Crippen molar-refractivity contribution in [2.24, 2.45) is 5.92 Å². The van der Waals surface area contributed by atoms with Gasteiger partial charge in [-0.3, -0.25) is 4.79 Å². The second-order valence-electron chi connectivity index (χ2n) is 6.34. The maximum absolute atomic E-state index is 12.5. The van der Waals surface area contributed by atoms with E-state index < -0.39 is 0 Å². The highest BCUT2D eigenvalue weighted by Crippen LogP contribution is 2.32. The molecule has 2 fully saturated rings. The number of ketones is 1. The quantitative estimate of drug-likeness (QED) is 0.930. The Morgan fingerprint density at radius 3 is 2.80 bits per heavy atom. The van der Waals surface area contributed by atoms with Crippen LogP contribution >= 0.6 is 11.3 Å². The third-order valence-electron chi connectivity index (χ3n) is 4.94. The van der Waals surface area contributed by atoms with Crippen molar-refractivity contribution >= 4 is 17.1 Å². The number of hydrogen-bond acceptors (Lipinski definition) is 4. The molecule has 20 heavy (non-hydrogen) atoms. The van der Waals surface area contributed by atoms with Crippen molar-refractivity contribution < 1.29 is 4.79 Å². The molecule has 3 nitrogen and oxygen atoms in total. The maximum Gasteiger partial charge on any atom is 0.156 e. The van der Waals surface area contributed by atoms with Crippen LogP contribution in [0.2, 0.25) is 0 Å². The first-order chi connectivity index (χ1) is 9.63. The molecule has 1 saturated carbocycles. The predicted molar refractivity (Wildman–Crippen MR) is 82.2 cm³/mol. The SMILES string of the molecule is Cc1nc(CC(=O)C2CCC3CCCCC3N2)sc1C. The summed E-state index contributed by atoms with van der Waals surface area (Å²) in [5.41, 5.74) is 1.07. The summed E-state index contributed by atoms with van der Waals surface area (Å²) in [5, 5.41) is 4.61. The maximum atomic E-state index is 12.5. The van der Waals surface area contributed by atoms with E-state index in [1.54, 1.807) is 11.3 Å². The van der Waals surface area contributed by atoms with Gasteiger partial charge in [-0.1, -0.05) is 12.8 Å². The summed E-state index contributed by atoms with van der Waals surface area (Å²) in [6.45, 7) is 4.09. The highest BCUT2D eigenvalue weighted by molar-refractivity contribution is 7.11. The number of piperidine rings is 1. The number of fused-ring (bicyclic) bond motifs is 1. The third kappa shape index (κ3) is 2.96. The summed E-state index contributed by atoms with van der Waals surface area (Å²) in [7, 11) is 0. The van der Waals surface area contributed by atoms with Crippen LogP contribution < -0.4 is 5.32 Å². The normalized spacial score (nSPS) is 30.0. The molecule has 1 aromatic heterocycles. The number of carbonyl (C=O) groups is 1. The molecule has 1 aliphatic carbocycles. The number of nitrogens with one attached hydrogen (secondary N) is 1. The van der Waals surface area contributed by atoms with Crippen molar-refractivity contribution in [1.29, 1.82) is 0 Å². The molecule has 3 unspecified atom stereocenters. The van der Waals surface area contributed by atoms with Crippen LogP contribution in [0.5, 0.6) is 0 Å². The monoisotopic (exact) mass is 292 g/mol. The smallest absolute Gasteiger partial charge is 0.156 e. The van der Waals surface area contributed by atoms with E-state index >= 15 is 0 Å². The molecule has 0 bridgehead atoms. The summed E-state index contributed by atoms with van der Waals surface area (Å²) < 4.78 is 0. The molecule has 4 heteroatoms.